The van der Waals surface area contributed by atoms with Gasteiger partial charge in [0.1, 0.15) is 18.4 Å². The monoisotopic (exact) mass is 533 g/mol. The van der Waals surface area contributed by atoms with Gasteiger partial charge in [0.05, 0.1) is 11.9 Å². The molecule has 0 spiro atoms. The van der Waals surface area contributed by atoms with Crippen molar-refractivity contribution < 1.29 is 31.2 Å². The van der Waals surface area contributed by atoms with E-state index in [1.54, 1.807) is 30.3 Å². The predicted octanol–water partition coefficient (Wildman–Crippen LogP) is 3.26. The fraction of sp³-hybridized carbons (Fsp3) is 0.231. The second-order valence-corrected chi connectivity index (χ2v) is 10.2. The number of nitrogens with zero attached hydrogens (tertiary/aromatic N) is 2. The molecule has 0 fully saturated rings. The number of benzene rings is 3. The second-order valence-electron chi connectivity index (χ2n) is 8.34. The van der Waals surface area contributed by atoms with Crippen LogP contribution in [-0.4, -0.2) is 51.0 Å². The number of hydrogen-bond donors (Lipinski definition) is 1. The molecule has 0 bridgehead atoms. The molecule has 3 aromatic rings. The number of hydrogen-bond acceptors (Lipinski definition) is 4. The van der Waals surface area contributed by atoms with Crippen LogP contribution in [0.15, 0.2) is 72.8 Å². The molecule has 7 nitrogen and oxygen atoms in total. The van der Waals surface area contributed by atoms with Crippen molar-refractivity contribution in [2.45, 2.75) is 19.0 Å². The third-order valence-corrected chi connectivity index (χ3v) is 6.79. The van der Waals surface area contributed by atoms with E-state index in [9.17, 15) is 31.2 Å². The Morgan fingerprint density at radius 2 is 1.54 bits per heavy atom. The molecule has 0 saturated carbocycles. The molecular weight excluding hydrogens is 507 g/mol. The van der Waals surface area contributed by atoms with Gasteiger partial charge in [0.25, 0.3) is 0 Å². The van der Waals surface area contributed by atoms with Crippen molar-refractivity contribution in [1.29, 1.82) is 0 Å². The maximum atomic E-state index is 13.9. The van der Waals surface area contributed by atoms with Crippen molar-refractivity contribution in [3.63, 3.8) is 0 Å². The Kier molecular flexibility index (Phi) is 8.93. The highest BCUT2D eigenvalue weighted by molar-refractivity contribution is 7.92. The summed E-state index contributed by atoms with van der Waals surface area (Å²) < 4.78 is 66.6. The maximum Gasteiger partial charge on any atom is 0.244 e. The summed E-state index contributed by atoms with van der Waals surface area (Å²) in [5, 5.41) is 2.53. The molecule has 196 valence electrons. The molecule has 3 rings (SSSR count). The molecule has 0 aliphatic rings. The number of carbonyl (C=O) groups is 2. The molecule has 1 atom stereocenters. The van der Waals surface area contributed by atoms with Crippen molar-refractivity contribution in [3.05, 3.63) is 101 Å². The van der Waals surface area contributed by atoms with Crippen molar-refractivity contribution in [3.8, 4) is 0 Å². The lowest BCUT2D eigenvalue weighted by atomic mass is 10.0. The van der Waals surface area contributed by atoms with Gasteiger partial charge in [0, 0.05) is 26.1 Å². The molecule has 0 aromatic heterocycles. The van der Waals surface area contributed by atoms with Gasteiger partial charge in [0.2, 0.25) is 21.8 Å². The molecule has 0 saturated heterocycles. The van der Waals surface area contributed by atoms with E-state index in [-0.39, 0.29) is 18.7 Å². The summed E-state index contributed by atoms with van der Waals surface area (Å²) in [6, 6.07) is 15.6. The number of nitrogens with one attached hydrogen (secondary N) is 1. The largest absolute Gasteiger partial charge is 0.357 e. The SMILES string of the molecule is CNC(=O)[C@H](Cc1ccccc1)N(Cc1ccc(F)cc1)C(=O)CN(c1ccc(F)c(F)c1)S(C)(=O)=O. The summed E-state index contributed by atoms with van der Waals surface area (Å²) in [6.45, 7) is -0.924. The van der Waals surface area contributed by atoms with Gasteiger partial charge in [-0.25, -0.2) is 21.6 Å². The number of anilines is 1. The molecule has 0 aliphatic heterocycles. The van der Waals surface area contributed by atoms with E-state index >= 15 is 0 Å². The average Bonchev–Trinajstić information content (AvgIpc) is 2.87. The van der Waals surface area contributed by atoms with Gasteiger partial charge in [-0.3, -0.25) is 13.9 Å². The smallest absolute Gasteiger partial charge is 0.244 e. The molecule has 1 N–H and O–H groups in total. The van der Waals surface area contributed by atoms with Crippen molar-refractivity contribution in [2.75, 3.05) is 24.2 Å². The molecule has 11 heteroatoms. The van der Waals surface area contributed by atoms with Crippen LogP contribution in [0.4, 0.5) is 18.9 Å². The van der Waals surface area contributed by atoms with Crippen LogP contribution in [0.3, 0.4) is 0 Å². The van der Waals surface area contributed by atoms with Gasteiger partial charge in [-0.15, -0.1) is 0 Å². The van der Waals surface area contributed by atoms with Gasteiger partial charge < -0.3 is 10.2 Å². The summed E-state index contributed by atoms with van der Waals surface area (Å²) in [5.41, 5.74) is 0.986. The first kappa shape index (κ1) is 27.7. The van der Waals surface area contributed by atoms with E-state index in [1.165, 1.54) is 36.2 Å². The fourth-order valence-electron chi connectivity index (χ4n) is 3.76. The average molecular weight is 534 g/mol. The van der Waals surface area contributed by atoms with E-state index in [0.29, 0.717) is 15.9 Å². The molecule has 0 aliphatic carbocycles. The van der Waals surface area contributed by atoms with Crippen LogP contribution in [0.25, 0.3) is 0 Å². The van der Waals surface area contributed by atoms with Crippen LogP contribution >= 0.6 is 0 Å². The molecule has 0 heterocycles. The summed E-state index contributed by atoms with van der Waals surface area (Å²) in [4.78, 5) is 27.8. The highest BCUT2D eigenvalue weighted by Gasteiger charge is 2.32. The molecule has 2 amide bonds. The zero-order valence-corrected chi connectivity index (χ0v) is 21.0. The number of amides is 2. The normalized spacial score (nSPS) is 12.0. The Morgan fingerprint density at radius 1 is 0.892 bits per heavy atom. The Hall–Kier alpha value is -3.86. The number of sulfonamides is 1. The van der Waals surface area contributed by atoms with Crippen LogP contribution in [0.2, 0.25) is 0 Å². The van der Waals surface area contributed by atoms with Crippen LogP contribution in [0.1, 0.15) is 11.1 Å². The van der Waals surface area contributed by atoms with Crippen LogP contribution in [0.5, 0.6) is 0 Å². The van der Waals surface area contributed by atoms with Crippen molar-refractivity contribution >= 4 is 27.5 Å². The van der Waals surface area contributed by atoms with Crippen LogP contribution < -0.4 is 9.62 Å². The number of likely N-dealkylation sites (N-methyl/N-ethyl adjacent to an activating group) is 1. The molecule has 0 radical (unpaired) electrons. The highest BCUT2D eigenvalue weighted by atomic mass is 32.2. The first-order chi connectivity index (χ1) is 17.5. The van der Waals surface area contributed by atoms with E-state index in [0.717, 1.165) is 24.0 Å². The Labute approximate surface area is 213 Å². The minimum Gasteiger partial charge on any atom is -0.357 e. The van der Waals surface area contributed by atoms with Crippen LogP contribution in [-0.2, 0) is 32.6 Å². The Bertz CT molecular complexity index is 1350. The van der Waals surface area contributed by atoms with Crippen molar-refractivity contribution in [1.82, 2.24) is 10.2 Å². The molecule has 37 heavy (non-hydrogen) atoms. The maximum absolute atomic E-state index is 13.9. The lowest BCUT2D eigenvalue weighted by molar-refractivity contribution is -0.139. The zero-order chi connectivity index (χ0) is 27.2. The van der Waals surface area contributed by atoms with E-state index in [4.69, 9.17) is 0 Å². The molecule has 0 unspecified atom stereocenters. The lowest BCUT2D eigenvalue weighted by Gasteiger charge is -2.33. The molecular formula is C26H26F3N3O4S. The first-order valence-corrected chi connectivity index (χ1v) is 13.1. The third kappa shape index (κ3) is 7.32. The molecule has 3 aromatic carbocycles. The first-order valence-electron chi connectivity index (χ1n) is 11.2. The van der Waals surface area contributed by atoms with Gasteiger partial charge in [-0.2, -0.15) is 0 Å². The number of halogens is 3. The van der Waals surface area contributed by atoms with Gasteiger partial charge >= 0.3 is 0 Å². The number of rotatable bonds is 10. The van der Waals surface area contributed by atoms with Crippen molar-refractivity contribution in [2.24, 2.45) is 0 Å². The number of carbonyl (C=O) groups excluding carboxylic acids is 2. The predicted molar refractivity (Wildman–Crippen MR) is 133 cm³/mol. The van der Waals surface area contributed by atoms with E-state index in [2.05, 4.69) is 5.32 Å². The minimum absolute atomic E-state index is 0.109. The van der Waals surface area contributed by atoms with Crippen LogP contribution in [0, 0.1) is 17.5 Å². The Morgan fingerprint density at radius 3 is 2.11 bits per heavy atom. The second kappa shape index (κ2) is 11.9. The fourth-order valence-corrected chi connectivity index (χ4v) is 4.60. The van der Waals surface area contributed by atoms with Gasteiger partial charge in [-0.05, 0) is 35.4 Å². The lowest BCUT2D eigenvalue weighted by Crippen LogP contribution is -2.52. The van der Waals surface area contributed by atoms with E-state index < -0.39 is 51.9 Å². The summed E-state index contributed by atoms with van der Waals surface area (Å²) in [7, 11) is -2.71. The zero-order valence-electron chi connectivity index (χ0n) is 20.2. The Balaban J connectivity index is 2.03. The summed E-state index contributed by atoms with van der Waals surface area (Å²) in [5.74, 6) is -4.23. The summed E-state index contributed by atoms with van der Waals surface area (Å²) in [6.07, 6.45) is 0.934. The minimum atomic E-state index is -4.12. The van der Waals surface area contributed by atoms with Gasteiger partial charge in [0.15, 0.2) is 11.6 Å². The topological polar surface area (TPSA) is 86.8 Å². The van der Waals surface area contributed by atoms with E-state index in [1.807, 2.05) is 0 Å². The summed E-state index contributed by atoms with van der Waals surface area (Å²) >= 11 is 0. The third-order valence-electron chi connectivity index (χ3n) is 5.65. The standard InChI is InChI=1S/C26H26F3N3O4S/c1-30-26(34)24(14-18-6-4-3-5-7-18)31(16-19-8-10-20(27)11-9-19)25(33)17-32(37(2,35)36)21-12-13-22(28)23(29)15-21/h3-13,15,24H,14,16-17H2,1-2H3,(H,30,34)/t24-/m0/s1. The quantitative estimate of drug-likeness (QED) is 0.434. The van der Waals surface area contributed by atoms with Gasteiger partial charge in [-0.1, -0.05) is 42.5 Å². The highest BCUT2D eigenvalue weighted by Crippen LogP contribution is 2.22.